The van der Waals surface area contributed by atoms with Gasteiger partial charge in [-0.3, -0.25) is 0 Å². The van der Waals surface area contributed by atoms with E-state index in [2.05, 4.69) is 27.6 Å². The molecule has 0 saturated heterocycles. The summed E-state index contributed by atoms with van der Waals surface area (Å²) in [6.45, 7) is 2.04. The Kier molecular flexibility index (Phi) is 2.04. The van der Waals surface area contributed by atoms with E-state index in [-0.39, 0.29) is 0 Å². The lowest BCUT2D eigenvalue weighted by Crippen LogP contribution is -1.75. The molecule has 0 amide bonds. The van der Waals surface area contributed by atoms with Crippen molar-refractivity contribution in [1.29, 1.82) is 0 Å². The van der Waals surface area contributed by atoms with Crippen LogP contribution in [0.25, 0.3) is 11.1 Å². The van der Waals surface area contributed by atoms with Gasteiger partial charge in [0.05, 0.1) is 0 Å². The van der Waals surface area contributed by atoms with Crippen LogP contribution in [0.3, 0.4) is 0 Å². The molecule has 1 aromatic carbocycles. The van der Waals surface area contributed by atoms with E-state index in [9.17, 15) is 0 Å². The van der Waals surface area contributed by atoms with Crippen LogP contribution in [0.15, 0.2) is 22.6 Å². The number of halogens is 1. The van der Waals surface area contributed by atoms with Crippen molar-refractivity contribution < 1.29 is 4.42 Å². The second-order valence-corrected chi connectivity index (χ2v) is 3.82. The Morgan fingerprint density at radius 1 is 1.50 bits per heavy atom. The van der Waals surface area contributed by atoms with Gasteiger partial charge in [-0.2, -0.15) is 0 Å². The number of hydrogen-bond acceptors (Lipinski definition) is 2. The molecule has 12 heavy (non-hydrogen) atoms. The molecule has 0 aliphatic carbocycles. The Morgan fingerprint density at radius 2 is 2.33 bits per heavy atom. The van der Waals surface area contributed by atoms with Crippen LogP contribution in [0.4, 0.5) is 0 Å². The molecule has 0 saturated carbocycles. The average molecular weight is 273 g/mol. The van der Waals surface area contributed by atoms with Crippen molar-refractivity contribution in [2.24, 2.45) is 0 Å². The van der Waals surface area contributed by atoms with Crippen LogP contribution in [0.2, 0.25) is 0 Å². The van der Waals surface area contributed by atoms with Crippen molar-refractivity contribution in [3.8, 4) is 0 Å². The molecule has 0 aliphatic heterocycles. The van der Waals surface area contributed by atoms with Gasteiger partial charge >= 0.3 is 0 Å². The third-order valence-corrected chi connectivity index (χ3v) is 2.37. The average Bonchev–Trinajstić information content (AvgIpc) is 2.46. The third-order valence-electron chi connectivity index (χ3n) is 1.70. The van der Waals surface area contributed by atoms with E-state index >= 15 is 0 Å². The van der Waals surface area contributed by atoms with Gasteiger partial charge in [0.25, 0.3) is 0 Å². The Bertz CT molecular complexity index is 408. The lowest BCUT2D eigenvalue weighted by atomic mass is 10.3. The molecule has 62 valence electrons. The van der Waals surface area contributed by atoms with E-state index in [1.54, 1.807) is 0 Å². The largest absolute Gasteiger partial charge is 0.441 e. The Balaban J connectivity index is 2.67. The number of oxazole rings is 1. The van der Waals surface area contributed by atoms with Gasteiger partial charge in [0.1, 0.15) is 5.52 Å². The van der Waals surface area contributed by atoms with E-state index in [0.717, 1.165) is 23.4 Å². The summed E-state index contributed by atoms with van der Waals surface area (Å²) in [6, 6.07) is 6.01. The van der Waals surface area contributed by atoms with Crippen molar-refractivity contribution >= 4 is 33.7 Å². The zero-order valence-corrected chi connectivity index (χ0v) is 8.83. The van der Waals surface area contributed by atoms with E-state index in [0.29, 0.717) is 0 Å². The van der Waals surface area contributed by atoms with Crippen LogP contribution in [0, 0.1) is 3.57 Å². The lowest BCUT2D eigenvalue weighted by molar-refractivity contribution is 0.538. The molecule has 1 aromatic heterocycles. The molecule has 2 rings (SSSR count). The van der Waals surface area contributed by atoms with Crippen LogP contribution in [0.1, 0.15) is 12.8 Å². The van der Waals surface area contributed by atoms with Crippen molar-refractivity contribution in [1.82, 2.24) is 4.98 Å². The van der Waals surface area contributed by atoms with Gasteiger partial charge < -0.3 is 4.42 Å². The number of rotatable bonds is 1. The smallest absolute Gasteiger partial charge is 0.195 e. The molecule has 2 nitrogen and oxygen atoms in total. The molecule has 0 unspecified atom stereocenters. The van der Waals surface area contributed by atoms with Gasteiger partial charge in [-0.15, -0.1) is 0 Å². The number of nitrogens with zero attached hydrogens (tertiary/aromatic N) is 1. The highest BCUT2D eigenvalue weighted by atomic mass is 127. The highest BCUT2D eigenvalue weighted by molar-refractivity contribution is 14.1. The van der Waals surface area contributed by atoms with Gasteiger partial charge in [-0.05, 0) is 40.8 Å². The van der Waals surface area contributed by atoms with Crippen molar-refractivity contribution in [3.63, 3.8) is 0 Å². The predicted octanol–water partition coefficient (Wildman–Crippen LogP) is 2.99. The minimum absolute atomic E-state index is 0.812. The second-order valence-electron chi connectivity index (χ2n) is 2.57. The van der Waals surface area contributed by atoms with Crippen molar-refractivity contribution in [2.45, 2.75) is 13.3 Å². The van der Waals surface area contributed by atoms with Gasteiger partial charge in [0.2, 0.25) is 0 Å². The molecule has 3 heteroatoms. The summed E-state index contributed by atoms with van der Waals surface area (Å²) in [7, 11) is 0. The zero-order chi connectivity index (χ0) is 8.55. The number of benzene rings is 1. The molecular weight excluding hydrogens is 265 g/mol. The normalized spacial score (nSPS) is 10.8. The van der Waals surface area contributed by atoms with Crippen LogP contribution in [0.5, 0.6) is 0 Å². The lowest BCUT2D eigenvalue weighted by Gasteiger charge is -1.86. The number of fused-ring (bicyclic) bond motifs is 1. The molecule has 0 fully saturated rings. The molecule has 0 spiro atoms. The van der Waals surface area contributed by atoms with E-state index < -0.39 is 0 Å². The highest BCUT2D eigenvalue weighted by Crippen LogP contribution is 2.18. The Morgan fingerprint density at radius 3 is 3.08 bits per heavy atom. The van der Waals surface area contributed by atoms with Crippen LogP contribution < -0.4 is 0 Å². The van der Waals surface area contributed by atoms with E-state index in [1.165, 1.54) is 3.57 Å². The summed E-state index contributed by atoms with van der Waals surface area (Å²) in [5.74, 6) is 0.812. The fourth-order valence-electron chi connectivity index (χ4n) is 1.10. The van der Waals surface area contributed by atoms with Gasteiger partial charge in [0.15, 0.2) is 11.5 Å². The number of aryl methyl sites for hydroxylation is 1. The summed E-state index contributed by atoms with van der Waals surface area (Å²) in [4.78, 5) is 4.32. The molecular formula is C9H8INO. The zero-order valence-electron chi connectivity index (χ0n) is 6.67. The first-order chi connectivity index (χ1) is 5.79. The van der Waals surface area contributed by atoms with Crippen LogP contribution in [-0.4, -0.2) is 4.98 Å². The minimum Gasteiger partial charge on any atom is -0.441 e. The quantitative estimate of drug-likeness (QED) is 0.746. The Hall–Kier alpha value is -0.580. The van der Waals surface area contributed by atoms with Crippen molar-refractivity contribution in [3.05, 3.63) is 27.7 Å². The summed E-state index contributed by atoms with van der Waals surface area (Å²) >= 11 is 2.27. The maximum atomic E-state index is 5.46. The summed E-state index contributed by atoms with van der Waals surface area (Å²) in [6.07, 6.45) is 0.852. The van der Waals surface area contributed by atoms with Crippen LogP contribution in [-0.2, 0) is 6.42 Å². The predicted molar refractivity (Wildman–Crippen MR) is 56.1 cm³/mol. The standard InChI is InChI=1S/C9H8INO/c1-2-9-11-7-5-6(10)3-4-8(7)12-9/h3-5H,2H2,1H3. The molecule has 0 bridgehead atoms. The van der Waals surface area contributed by atoms with E-state index in [1.807, 2.05) is 25.1 Å². The highest BCUT2D eigenvalue weighted by Gasteiger charge is 2.02. The first kappa shape index (κ1) is 8.04. The van der Waals surface area contributed by atoms with Crippen LogP contribution >= 0.6 is 22.6 Å². The fraction of sp³-hybridized carbons (Fsp3) is 0.222. The third kappa shape index (κ3) is 1.33. The number of hydrogen-bond donors (Lipinski definition) is 0. The van der Waals surface area contributed by atoms with E-state index in [4.69, 9.17) is 4.42 Å². The first-order valence-corrected chi connectivity index (χ1v) is 4.92. The Labute approximate surface area is 84.1 Å². The summed E-state index contributed by atoms with van der Waals surface area (Å²) < 4.78 is 6.65. The molecule has 1 heterocycles. The number of aromatic nitrogens is 1. The topological polar surface area (TPSA) is 26.0 Å². The SMILES string of the molecule is CCc1nc2cc(I)ccc2o1. The summed E-state index contributed by atoms with van der Waals surface area (Å²) in [5, 5.41) is 0. The maximum absolute atomic E-state index is 5.46. The molecule has 0 aliphatic rings. The van der Waals surface area contributed by atoms with Gasteiger partial charge in [0, 0.05) is 9.99 Å². The molecule has 0 N–H and O–H groups in total. The first-order valence-electron chi connectivity index (χ1n) is 3.84. The van der Waals surface area contributed by atoms with Crippen molar-refractivity contribution in [2.75, 3.05) is 0 Å². The minimum atomic E-state index is 0.812. The second kappa shape index (κ2) is 3.05. The van der Waals surface area contributed by atoms with Gasteiger partial charge in [-0.1, -0.05) is 6.92 Å². The fourth-order valence-corrected chi connectivity index (χ4v) is 1.57. The molecule has 2 aromatic rings. The maximum Gasteiger partial charge on any atom is 0.195 e. The summed E-state index contributed by atoms with van der Waals surface area (Å²) in [5.41, 5.74) is 1.84. The molecule has 0 atom stereocenters. The monoisotopic (exact) mass is 273 g/mol. The van der Waals surface area contributed by atoms with Gasteiger partial charge in [-0.25, -0.2) is 4.98 Å². The molecule has 0 radical (unpaired) electrons.